The van der Waals surface area contributed by atoms with Crippen molar-refractivity contribution in [2.24, 2.45) is 5.92 Å². The summed E-state index contributed by atoms with van der Waals surface area (Å²) in [5.41, 5.74) is 7.84. The van der Waals surface area contributed by atoms with E-state index in [0.717, 1.165) is 48.7 Å². The van der Waals surface area contributed by atoms with Gasteiger partial charge >= 0.3 is 0 Å². The molecule has 1 heterocycles. The van der Waals surface area contributed by atoms with Crippen LogP contribution < -0.4 is 5.73 Å². The molecule has 17 heavy (non-hydrogen) atoms. The maximum atomic E-state index is 9.09. The normalized spacial score (nSPS) is 18.5. The summed E-state index contributed by atoms with van der Waals surface area (Å²) in [6, 6.07) is 5.62. The largest absolute Gasteiger partial charge is 0.398 e. The van der Waals surface area contributed by atoms with Crippen molar-refractivity contribution < 1.29 is 5.11 Å². The van der Waals surface area contributed by atoms with Crippen molar-refractivity contribution in [1.29, 1.82) is 0 Å². The third-order valence-electron chi connectivity index (χ3n) is 3.46. The van der Waals surface area contributed by atoms with E-state index in [-0.39, 0.29) is 0 Å². The molecule has 94 valence electrons. The van der Waals surface area contributed by atoms with Crippen LogP contribution in [-0.2, 0) is 6.54 Å². The molecule has 1 aliphatic rings. The first-order valence-electron chi connectivity index (χ1n) is 6.06. The predicted molar refractivity (Wildman–Crippen MR) is 71.0 cm³/mol. The van der Waals surface area contributed by atoms with Gasteiger partial charge in [0.2, 0.25) is 0 Å². The number of anilines is 1. The number of nitrogens with two attached hydrogens (primary N) is 1. The fourth-order valence-electron chi connectivity index (χ4n) is 2.28. The number of piperidine rings is 1. The Balaban J connectivity index is 1.95. The van der Waals surface area contributed by atoms with Gasteiger partial charge < -0.3 is 10.8 Å². The second-order valence-electron chi connectivity index (χ2n) is 4.75. The summed E-state index contributed by atoms with van der Waals surface area (Å²) in [5.74, 6) is 0.475. The van der Waals surface area contributed by atoms with E-state index in [1.54, 1.807) is 0 Å². The molecular weight excluding hydrogens is 236 g/mol. The summed E-state index contributed by atoms with van der Waals surface area (Å²) < 4.78 is 0. The fraction of sp³-hybridized carbons (Fsp3) is 0.538. The molecular formula is C13H19ClN2O. The average Bonchev–Trinajstić information content (AvgIpc) is 2.35. The zero-order chi connectivity index (χ0) is 12.3. The molecule has 3 nitrogen and oxygen atoms in total. The molecule has 0 atom stereocenters. The summed E-state index contributed by atoms with van der Waals surface area (Å²) in [7, 11) is 0. The summed E-state index contributed by atoms with van der Waals surface area (Å²) in [6.07, 6.45) is 2.13. The van der Waals surface area contributed by atoms with Crippen LogP contribution in [0.1, 0.15) is 18.4 Å². The molecule has 0 saturated carbocycles. The van der Waals surface area contributed by atoms with Crippen LogP contribution in [0.4, 0.5) is 5.69 Å². The van der Waals surface area contributed by atoms with Crippen LogP contribution in [0.5, 0.6) is 0 Å². The zero-order valence-corrected chi connectivity index (χ0v) is 10.7. The molecule has 2 rings (SSSR count). The molecule has 0 aliphatic carbocycles. The molecule has 3 N–H and O–H groups in total. The van der Waals surface area contributed by atoms with E-state index in [2.05, 4.69) is 4.90 Å². The molecule has 1 aromatic carbocycles. The Morgan fingerprint density at radius 2 is 2.06 bits per heavy atom. The molecule has 1 fully saturated rings. The smallest absolute Gasteiger partial charge is 0.0460 e. The van der Waals surface area contributed by atoms with Crippen molar-refractivity contribution >= 4 is 17.3 Å². The van der Waals surface area contributed by atoms with Gasteiger partial charge in [-0.3, -0.25) is 4.90 Å². The lowest BCUT2D eigenvalue weighted by atomic mass is 9.97. The van der Waals surface area contributed by atoms with Crippen LogP contribution in [0, 0.1) is 5.92 Å². The number of hydrogen-bond donors (Lipinski definition) is 2. The first kappa shape index (κ1) is 12.7. The number of halogens is 1. The molecule has 1 saturated heterocycles. The fourth-order valence-corrected chi connectivity index (χ4v) is 2.47. The summed E-state index contributed by atoms with van der Waals surface area (Å²) in [5, 5.41) is 9.83. The maximum absolute atomic E-state index is 9.09. The Hall–Kier alpha value is -0.770. The number of rotatable bonds is 3. The van der Waals surface area contributed by atoms with Crippen LogP contribution in [0.15, 0.2) is 18.2 Å². The van der Waals surface area contributed by atoms with Crippen molar-refractivity contribution in [1.82, 2.24) is 4.90 Å². The highest BCUT2D eigenvalue weighted by Crippen LogP contribution is 2.23. The van der Waals surface area contributed by atoms with E-state index in [4.69, 9.17) is 22.4 Å². The van der Waals surface area contributed by atoms with Crippen molar-refractivity contribution in [3.05, 3.63) is 28.8 Å². The lowest BCUT2D eigenvalue weighted by Crippen LogP contribution is -2.34. The SMILES string of the molecule is Nc1ccc(Cl)cc1CN1CCC(CO)CC1. The van der Waals surface area contributed by atoms with E-state index in [9.17, 15) is 0 Å². The van der Waals surface area contributed by atoms with Gasteiger partial charge in [-0.05, 0) is 55.6 Å². The third-order valence-corrected chi connectivity index (χ3v) is 3.70. The molecule has 0 aromatic heterocycles. The van der Waals surface area contributed by atoms with Crippen LogP contribution in [-0.4, -0.2) is 29.7 Å². The molecule has 0 bridgehead atoms. The Kier molecular flexibility index (Phi) is 4.26. The van der Waals surface area contributed by atoms with Crippen molar-refractivity contribution in [2.45, 2.75) is 19.4 Å². The maximum Gasteiger partial charge on any atom is 0.0460 e. The van der Waals surface area contributed by atoms with Crippen LogP contribution in [0.25, 0.3) is 0 Å². The molecule has 0 unspecified atom stereocenters. The Morgan fingerprint density at radius 1 is 1.35 bits per heavy atom. The standard InChI is InChI=1S/C13H19ClN2O/c14-12-1-2-13(15)11(7-12)8-16-5-3-10(9-17)4-6-16/h1-2,7,10,17H,3-6,8-9,15H2. The minimum absolute atomic E-state index is 0.313. The number of aliphatic hydroxyl groups excluding tert-OH is 1. The Bertz CT molecular complexity index is 376. The van der Waals surface area contributed by atoms with E-state index >= 15 is 0 Å². The van der Waals surface area contributed by atoms with Gasteiger partial charge in [0, 0.05) is 23.9 Å². The van der Waals surface area contributed by atoms with Gasteiger partial charge in [0.1, 0.15) is 0 Å². The van der Waals surface area contributed by atoms with Crippen molar-refractivity contribution in [3.8, 4) is 0 Å². The number of benzene rings is 1. The van der Waals surface area contributed by atoms with E-state index in [1.807, 2.05) is 18.2 Å². The molecule has 0 amide bonds. The van der Waals surface area contributed by atoms with Crippen LogP contribution in [0.2, 0.25) is 5.02 Å². The number of aliphatic hydroxyl groups is 1. The van der Waals surface area contributed by atoms with Gasteiger partial charge in [0.25, 0.3) is 0 Å². The van der Waals surface area contributed by atoms with Crippen molar-refractivity contribution in [2.75, 3.05) is 25.4 Å². The number of nitrogens with zero attached hydrogens (tertiary/aromatic N) is 1. The quantitative estimate of drug-likeness (QED) is 0.813. The predicted octanol–water partition coefficient (Wildman–Crippen LogP) is 2.13. The number of hydrogen-bond acceptors (Lipinski definition) is 3. The van der Waals surface area contributed by atoms with Gasteiger partial charge in [-0.15, -0.1) is 0 Å². The zero-order valence-electron chi connectivity index (χ0n) is 9.90. The first-order valence-corrected chi connectivity index (χ1v) is 6.44. The Labute approximate surface area is 107 Å². The molecule has 4 heteroatoms. The van der Waals surface area contributed by atoms with E-state index in [0.29, 0.717) is 12.5 Å². The molecule has 0 radical (unpaired) electrons. The summed E-state index contributed by atoms with van der Waals surface area (Å²) in [4.78, 5) is 2.37. The highest BCUT2D eigenvalue weighted by atomic mass is 35.5. The van der Waals surface area contributed by atoms with Gasteiger partial charge in [-0.2, -0.15) is 0 Å². The first-order chi connectivity index (χ1) is 8.19. The van der Waals surface area contributed by atoms with Gasteiger partial charge in [-0.25, -0.2) is 0 Å². The number of nitrogen functional groups attached to an aromatic ring is 1. The second kappa shape index (κ2) is 5.71. The number of likely N-dealkylation sites (tertiary alicyclic amines) is 1. The topological polar surface area (TPSA) is 49.5 Å². The molecule has 1 aromatic rings. The van der Waals surface area contributed by atoms with Gasteiger partial charge in [0.05, 0.1) is 0 Å². The van der Waals surface area contributed by atoms with Crippen molar-refractivity contribution in [3.63, 3.8) is 0 Å². The van der Waals surface area contributed by atoms with E-state index in [1.165, 1.54) is 0 Å². The van der Waals surface area contributed by atoms with Crippen LogP contribution >= 0.6 is 11.6 Å². The third kappa shape index (κ3) is 3.35. The minimum atomic E-state index is 0.313. The summed E-state index contributed by atoms with van der Waals surface area (Å²) >= 11 is 5.97. The highest BCUT2D eigenvalue weighted by molar-refractivity contribution is 6.30. The highest BCUT2D eigenvalue weighted by Gasteiger charge is 2.18. The molecule has 1 aliphatic heterocycles. The summed E-state index contributed by atoms with van der Waals surface area (Å²) in [6.45, 7) is 3.21. The minimum Gasteiger partial charge on any atom is -0.398 e. The average molecular weight is 255 g/mol. The molecule has 0 spiro atoms. The van der Waals surface area contributed by atoms with Gasteiger partial charge in [-0.1, -0.05) is 11.6 Å². The lowest BCUT2D eigenvalue weighted by molar-refractivity contribution is 0.127. The van der Waals surface area contributed by atoms with E-state index < -0.39 is 0 Å². The Morgan fingerprint density at radius 3 is 2.71 bits per heavy atom. The van der Waals surface area contributed by atoms with Gasteiger partial charge in [0.15, 0.2) is 0 Å². The monoisotopic (exact) mass is 254 g/mol. The second-order valence-corrected chi connectivity index (χ2v) is 5.18. The lowest BCUT2D eigenvalue weighted by Gasteiger charge is -2.31. The van der Waals surface area contributed by atoms with Crippen LogP contribution in [0.3, 0.4) is 0 Å².